The molecule has 2 aromatic rings. The van der Waals surface area contributed by atoms with Crippen LogP contribution in [0.4, 0.5) is 5.69 Å². The van der Waals surface area contributed by atoms with Crippen molar-refractivity contribution < 1.29 is 41.8 Å². The number of amides is 1. The molecule has 11 heteroatoms. The third-order valence-electron chi connectivity index (χ3n) is 4.25. The SMILES string of the molecule is COC(=O)c1cc(NC(=O)COC(=O)c2cc(S(C)(=O)=O)ccc2C)cc(C(=O)OC)c1. The lowest BCUT2D eigenvalue weighted by molar-refractivity contribution is -0.119. The Kier molecular flexibility index (Phi) is 7.71. The summed E-state index contributed by atoms with van der Waals surface area (Å²) < 4.78 is 37.6. The van der Waals surface area contributed by atoms with Gasteiger partial charge in [-0.15, -0.1) is 0 Å². The smallest absolute Gasteiger partial charge is 0.338 e. The van der Waals surface area contributed by atoms with Crippen LogP contribution >= 0.6 is 0 Å². The fourth-order valence-corrected chi connectivity index (χ4v) is 3.28. The molecule has 0 aromatic heterocycles. The molecule has 0 saturated heterocycles. The maximum atomic E-state index is 12.3. The number of rotatable bonds is 7. The number of esters is 3. The molecule has 0 unspecified atom stereocenters. The van der Waals surface area contributed by atoms with Gasteiger partial charge in [0.05, 0.1) is 35.8 Å². The zero-order valence-corrected chi connectivity index (χ0v) is 18.6. The minimum atomic E-state index is -3.54. The lowest BCUT2D eigenvalue weighted by Crippen LogP contribution is -2.22. The Morgan fingerprint density at radius 1 is 0.875 bits per heavy atom. The maximum Gasteiger partial charge on any atom is 0.338 e. The van der Waals surface area contributed by atoms with E-state index in [9.17, 15) is 27.6 Å². The van der Waals surface area contributed by atoms with Crippen LogP contribution in [0.25, 0.3) is 0 Å². The lowest BCUT2D eigenvalue weighted by atomic mass is 10.1. The minimum absolute atomic E-state index is 0.00129. The van der Waals surface area contributed by atoms with Gasteiger partial charge in [-0.25, -0.2) is 22.8 Å². The van der Waals surface area contributed by atoms with Crippen LogP contribution in [0.5, 0.6) is 0 Å². The maximum absolute atomic E-state index is 12.3. The molecule has 0 radical (unpaired) electrons. The highest BCUT2D eigenvalue weighted by Crippen LogP contribution is 2.18. The minimum Gasteiger partial charge on any atom is -0.465 e. The Bertz CT molecular complexity index is 1150. The van der Waals surface area contributed by atoms with Gasteiger partial charge < -0.3 is 19.5 Å². The fraction of sp³-hybridized carbons (Fsp3) is 0.238. The van der Waals surface area contributed by atoms with Gasteiger partial charge in [-0.1, -0.05) is 6.07 Å². The second-order valence-corrected chi connectivity index (χ2v) is 8.67. The number of carbonyl (C=O) groups is 4. The van der Waals surface area contributed by atoms with E-state index in [-0.39, 0.29) is 27.3 Å². The Labute approximate surface area is 184 Å². The first kappa shape index (κ1) is 24.5. The van der Waals surface area contributed by atoms with E-state index in [2.05, 4.69) is 14.8 Å². The Hall–Kier alpha value is -3.73. The second-order valence-electron chi connectivity index (χ2n) is 6.66. The van der Waals surface area contributed by atoms with E-state index in [0.29, 0.717) is 5.56 Å². The first-order valence-corrected chi connectivity index (χ1v) is 10.9. The normalized spacial score (nSPS) is 10.8. The van der Waals surface area contributed by atoms with Crippen molar-refractivity contribution in [1.29, 1.82) is 0 Å². The molecule has 0 bridgehead atoms. The van der Waals surface area contributed by atoms with Gasteiger partial charge in [-0.2, -0.15) is 0 Å². The van der Waals surface area contributed by atoms with Crippen LogP contribution in [0.2, 0.25) is 0 Å². The van der Waals surface area contributed by atoms with Crippen LogP contribution in [0.15, 0.2) is 41.3 Å². The van der Waals surface area contributed by atoms with E-state index in [1.165, 1.54) is 36.4 Å². The van der Waals surface area contributed by atoms with Gasteiger partial charge in [0, 0.05) is 11.9 Å². The number of hydrogen-bond acceptors (Lipinski definition) is 9. The van der Waals surface area contributed by atoms with Crippen molar-refractivity contribution >= 4 is 39.3 Å². The van der Waals surface area contributed by atoms with Crippen LogP contribution < -0.4 is 5.32 Å². The zero-order valence-electron chi connectivity index (χ0n) is 17.8. The molecule has 0 aliphatic rings. The first-order chi connectivity index (χ1) is 15.0. The van der Waals surface area contributed by atoms with Crippen LogP contribution in [-0.4, -0.2) is 59.3 Å². The van der Waals surface area contributed by atoms with Gasteiger partial charge in [0.2, 0.25) is 0 Å². The molecule has 10 nitrogen and oxygen atoms in total. The van der Waals surface area contributed by atoms with Crippen molar-refractivity contribution in [3.8, 4) is 0 Å². The third-order valence-corrected chi connectivity index (χ3v) is 5.36. The van der Waals surface area contributed by atoms with Crippen LogP contribution in [0.3, 0.4) is 0 Å². The Balaban J connectivity index is 2.15. The van der Waals surface area contributed by atoms with Crippen molar-refractivity contribution in [2.24, 2.45) is 0 Å². The van der Waals surface area contributed by atoms with Crippen LogP contribution in [-0.2, 0) is 28.8 Å². The number of hydrogen-bond donors (Lipinski definition) is 1. The van der Waals surface area contributed by atoms with Gasteiger partial charge in [-0.05, 0) is 42.8 Å². The molecular formula is C21H21NO9S. The number of nitrogens with one attached hydrogen (secondary N) is 1. The molecule has 0 spiro atoms. The molecule has 32 heavy (non-hydrogen) atoms. The number of anilines is 1. The largest absolute Gasteiger partial charge is 0.465 e. The molecule has 1 N–H and O–H groups in total. The average molecular weight is 463 g/mol. The highest BCUT2D eigenvalue weighted by Gasteiger charge is 2.18. The van der Waals surface area contributed by atoms with E-state index >= 15 is 0 Å². The average Bonchev–Trinajstić information content (AvgIpc) is 2.75. The van der Waals surface area contributed by atoms with Crippen molar-refractivity contribution in [3.05, 3.63) is 58.7 Å². The van der Waals surface area contributed by atoms with Gasteiger partial charge in [0.25, 0.3) is 5.91 Å². The second kappa shape index (κ2) is 10.1. The van der Waals surface area contributed by atoms with Crippen molar-refractivity contribution in [1.82, 2.24) is 0 Å². The monoisotopic (exact) mass is 463 g/mol. The summed E-state index contributed by atoms with van der Waals surface area (Å²) in [7, 11) is -1.22. The van der Waals surface area contributed by atoms with Gasteiger partial charge in [0.1, 0.15) is 0 Å². The van der Waals surface area contributed by atoms with Gasteiger partial charge in [0.15, 0.2) is 16.4 Å². The molecule has 0 fully saturated rings. The topological polar surface area (TPSA) is 142 Å². The number of aryl methyl sites for hydroxylation is 1. The summed E-state index contributed by atoms with van der Waals surface area (Å²) in [5.74, 6) is -3.12. The van der Waals surface area contributed by atoms with Crippen molar-refractivity contribution in [3.63, 3.8) is 0 Å². The predicted octanol–water partition coefficient (Wildman–Crippen LogP) is 1.77. The van der Waals surface area contributed by atoms with Crippen molar-refractivity contribution in [2.75, 3.05) is 32.4 Å². The first-order valence-electron chi connectivity index (χ1n) is 9.05. The number of sulfone groups is 1. The summed E-state index contributed by atoms with van der Waals surface area (Å²) in [4.78, 5) is 48.2. The molecule has 170 valence electrons. The van der Waals surface area contributed by atoms with Crippen LogP contribution in [0, 0.1) is 6.92 Å². The van der Waals surface area contributed by atoms with Gasteiger partial charge in [-0.3, -0.25) is 4.79 Å². The predicted molar refractivity (Wildman–Crippen MR) is 112 cm³/mol. The number of methoxy groups -OCH3 is 2. The number of carbonyl (C=O) groups excluding carboxylic acids is 4. The standard InChI is InChI=1S/C21H21NO9S/c1-12-5-6-16(32(4,27)28)10-17(12)21(26)31-11-18(23)22-15-8-13(19(24)29-2)7-14(9-15)20(25)30-3/h5-10H,11H2,1-4H3,(H,22,23). The Morgan fingerprint density at radius 3 is 1.94 bits per heavy atom. The van der Waals surface area contributed by atoms with E-state index in [4.69, 9.17) is 4.74 Å². The van der Waals surface area contributed by atoms with E-state index in [1.54, 1.807) is 6.92 Å². The van der Waals surface area contributed by atoms with E-state index < -0.39 is 40.3 Å². The quantitative estimate of drug-likeness (QED) is 0.480. The third kappa shape index (κ3) is 6.14. The van der Waals surface area contributed by atoms with E-state index in [0.717, 1.165) is 20.5 Å². The highest BCUT2D eigenvalue weighted by molar-refractivity contribution is 7.90. The molecule has 0 saturated carbocycles. The van der Waals surface area contributed by atoms with Crippen molar-refractivity contribution in [2.45, 2.75) is 11.8 Å². The molecule has 0 atom stereocenters. The molecule has 1 amide bonds. The summed E-state index contributed by atoms with van der Waals surface area (Å²) in [6.45, 7) is 0.896. The zero-order chi connectivity index (χ0) is 24.1. The fourth-order valence-electron chi connectivity index (χ4n) is 2.63. The molecule has 0 aliphatic heterocycles. The lowest BCUT2D eigenvalue weighted by Gasteiger charge is -2.11. The highest BCUT2D eigenvalue weighted by atomic mass is 32.2. The molecule has 2 aromatic carbocycles. The molecular weight excluding hydrogens is 442 g/mol. The van der Waals surface area contributed by atoms with Crippen LogP contribution in [0.1, 0.15) is 36.6 Å². The summed E-state index contributed by atoms with van der Waals surface area (Å²) in [6, 6.07) is 7.79. The summed E-state index contributed by atoms with van der Waals surface area (Å²) >= 11 is 0. The summed E-state index contributed by atoms with van der Waals surface area (Å²) in [5, 5.41) is 2.41. The number of ether oxygens (including phenoxy) is 3. The summed E-state index contributed by atoms with van der Waals surface area (Å²) in [6.07, 6.45) is 1.01. The Morgan fingerprint density at radius 2 is 1.44 bits per heavy atom. The molecule has 2 rings (SSSR count). The number of benzene rings is 2. The summed E-state index contributed by atoms with van der Waals surface area (Å²) in [5.41, 5.74) is 0.536. The van der Waals surface area contributed by atoms with E-state index in [1.807, 2.05) is 0 Å². The van der Waals surface area contributed by atoms with Gasteiger partial charge >= 0.3 is 17.9 Å². The molecule has 0 heterocycles. The molecule has 0 aliphatic carbocycles.